The van der Waals surface area contributed by atoms with Crippen molar-refractivity contribution in [1.29, 1.82) is 0 Å². The lowest BCUT2D eigenvalue weighted by atomic mass is 10.0. The SMILES string of the molecule is CCOc1cc(C2Nc3ccccc3C(=O)N2c2ccc3c(c2)OCCO3)ccc1O. The maximum absolute atomic E-state index is 13.6. The molecule has 0 radical (unpaired) electrons. The van der Waals surface area contributed by atoms with E-state index in [9.17, 15) is 9.90 Å². The highest BCUT2D eigenvalue weighted by atomic mass is 16.6. The number of phenolic OH excluding ortho intramolecular Hbond substituents is 1. The quantitative estimate of drug-likeness (QED) is 0.656. The predicted molar refractivity (Wildman–Crippen MR) is 116 cm³/mol. The van der Waals surface area contributed by atoms with Crippen LogP contribution < -0.4 is 24.4 Å². The molecular formula is C24H22N2O5. The van der Waals surface area contributed by atoms with Crippen molar-refractivity contribution in [3.63, 3.8) is 0 Å². The third-order valence-corrected chi connectivity index (χ3v) is 5.33. The second kappa shape index (κ2) is 7.75. The molecule has 3 aromatic rings. The normalized spacial score (nSPS) is 17.0. The largest absolute Gasteiger partial charge is 0.504 e. The Bertz CT molecular complexity index is 1150. The van der Waals surface area contributed by atoms with E-state index in [1.165, 1.54) is 0 Å². The van der Waals surface area contributed by atoms with E-state index in [1.807, 2.05) is 43.3 Å². The van der Waals surface area contributed by atoms with Crippen molar-refractivity contribution < 1.29 is 24.1 Å². The van der Waals surface area contributed by atoms with E-state index in [-0.39, 0.29) is 11.7 Å². The molecule has 1 unspecified atom stereocenters. The van der Waals surface area contributed by atoms with Gasteiger partial charge in [-0.05, 0) is 48.9 Å². The first-order valence-corrected chi connectivity index (χ1v) is 10.2. The Hall–Kier alpha value is -3.87. The molecule has 158 valence electrons. The molecule has 0 aromatic heterocycles. The fraction of sp³-hybridized carbons (Fsp3) is 0.208. The zero-order chi connectivity index (χ0) is 21.4. The second-order valence-corrected chi connectivity index (χ2v) is 7.26. The first-order valence-electron chi connectivity index (χ1n) is 10.2. The average Bonchev–Trinajstić information content (AvgIpc) is 2.80. The van der Waals surface area contributed by atoms with Crippen LogP contribution in [0, 0.1) is 0 Å². The Morgan fingerprint density at radius 2 is 1.87 bits per heavy atom. The summed E-state index contributed by atoms with van der Waals surface area (Å²) in [7, 11) is 0. The number of amides is 1. The van der Waals surface area contributed by atoms with Crippen molar-refractivity contribution >= 4 is 17.3 Å². The predicted octanol–water partition coefficient (Wildman–Crippen LogP) is 4.33. The zero-order valence-electron chi connectivity index (χ0n) is 17.0. The van der Waals surface area contributed by atoms with Crippen LogP contribution in [-0.2, 0) is 0 Å². The average molecular weight is 418 g/mol. The highest BCUT2D eigenvalue weighted by molar-refractivity contribution is 6.12. The lowest BCUT2D eigenvalue weighted by Crippen LogP contribution is -2.43. The summed E-state index contributed by atoms with van der Waals surface area (Å²) in [5, 5.41) is 13.6. The molecule has 31 heavy (non-hydrogen) atoms. The van der Waals surface area contributed by atoms with E-state index in [2.05, 4.69) is 5.32 Å². The van der Waals surface area contributed by atoms with Crippen LogP contribution in [0.5, 0.6) is 23.0 Å². The van der Waals surface area contributed by atoms with Gasteiger partial charge in [0.05, 0.1) is 17.9 Å². The third kappa shape index (κ3) is 3.38. The van der Waals surface area contributed by atoms with Crippen molar-refractivity contribution in [1.82, 2.24) is 0 Å². The molecule has 0 aliphatic carbocycles. The number of hydrogen-bond donors (Lipinski definition) is 2. The number of nitrogens with zero attached hydrogens (tertiary/aromatic N) is 1. The first-order chi connectivity index (χ1) is 15.2. The van der Waals surface area contributed by atoms with Crippen LogP contribution in [-0.4, -0.2) is 30.8 Å². The summed E-state index contributed by atoms with van der Waals surface area (Å²) in [5.74, 6) is 1.55. The molecule has 3 aromatic carbocycles. The molecule has 0 bridgehead atoms. The minimum absolute atomic E-state index is 0.0546. The van der Waals surface area contributed by atoms with Gasteiger partial charge in [-0.2, -0.15) is 0 Å². The van der Waals surface area contributed by atoms with Gasteiger partial charge in [-0.15, -0.1) is 0 Å². The highest BCUT2D eigenvalue weighted by Gasteiger charge is 2.35. The molecule has 1 atom stereocenters. The summed E-state index contributed by atoms with van der Waals surface area (Å²) in [6.07, 6.45) is -0.509. The topological polar surface area (TPSA) is 80.3 Å². The van der Waals surface area contributed by atoms with Crippen molar-refractivity contribution in [3.8, 4) is 23.0 Å². The van der Waals surface area contributed by atoms with Gasteiger partial charge >= 0.3 is 0 Å². The van der Waals surface area contributed by atoms with Gasteiger partial charge in [0.25, 0.3) is 5.91 Å². The van der Waals surface area contributed by atoms with Crippen molar-refractivity contribution in [3.05, 3.63) is 71.8 Å². The Morgan fingerprint density at radius 1 is 1.06 bits per heavy atom. The van der Waals surface area contributed by atoms with Crippen LogP contribution in [0.4, 0.5) is 11.4 Å². The van der Waals surface area contributed by atoms with Crippen LogP contribution in [0.3, 0.4) is 0 Å². The van der Waals surface area contributed by atoms with Gasteiger partial charge in [0.1, 0.15) is 19.4 Å². The number of carbonyl (C=O) groups excluding carboxylic acids is 1. The van der Waals surface area contributed by atoms with Crippen molar-refractivity contribution in [2.75, 3.05) is 30.0 Å². The van der Waals surface area contributed by atoms with Crippen LogP contribution >= 0.6 is 0 Å². The summed E-state index contributed by atoms with van der Waals surface area (Å²) in [6.45, 7) is 3.24. The smallest absolute Gasteiger partial charge is 0.262 e. The molecule has 0 spiro atoms. The van der Waals surface area contributed by atoms with E-state index in [0.717, 1.165) is 11.3 Å². The summed E-state index contributed by atoms with van der Waals surface area (Å²) in [5.41, 5.74) is 2.78. The van der Waals surface area contributed by atoms with E-state index in [4.69, 9.17) is 14.2 Å². The number of ether oxygens (including phenoxy) is 3. The lowest BCUT2D eigenvalue weighted by molar-refractivity contribution is 0.0974. The monoisotopic (exact) mass is 418 g/mol. The van der Waals surface area contributed by atoms with Crippen molar-refractivity contribution in [2.45, 2.75) is 13.1 Å². The van der Waals surface area contributed by atoms with Gasteiger partial charge in [0.2, 0.25) is 0 Å². The molecule has 0 saturated carbocycles. The molecule has 2 N–H and O–H groups in total. The van der Waals surface area contributed by atoms with E-state index in [1.54, 1.807) is 29.2 Å². The number of rotatable bonds is 4. The molecule has 2 aliphatic rings. The number of para-hydroxylation sites is 1. The van der Waals surface area contributed by atoms with Gasteiger partial charge in [-0.3, -0.25) is 9.69 Å². The molecule has 0 fully saturated rings. The Morgan fingerprint density at radius 3 is 2.71 bits per heavy atom. The molecule has 7 heteroatoms. The van der Waals surface area contributed by atoms with Gasteiger partial charge in [-0.25, -0.2) is 0 Å². The third-order valence-electron chi connectivity index (χ3n) is 5.33. The number of fused-ring (bicyclic) bond motifs is 2. The Labute approximate surface area is 179 Å². The number of nitrogens with one attached hydrogen (secondary N) is 1. The Balaban J connectivity index is 1.63. The fourth-order valence-corrected chi connectivity index (χ4v) is 3.91. The molecule has 0 saturated heterocycles. The number of phenols is 1. The molecule has 7 nitrogen and oxygen atoms in total. The molecule has 1 amide bonds. The number of anilines is 2. The first kappa shape index (κ1) is 19.1. The van der Waals surface area contributed by atoms with Gasteiger partial charge < -0.3 is 24.6 Å². The Kier molecular flexibility index (Phi) is 4.78. The van der Waals surface area contributed by atoms with Crippen LogP contribution in [0.15, 0.2) is 60.7 Å². The van der Waals surface area contributed by atoms with Crippen molar-refractivity contribution in [2.24, 2.45) is 0 Å². The van der Waals surface area contributed by atoms with Gasteiger partial charge in [0, 0.05) is 11.8 Å². The number of aromatic hydroxyl groups is 1. The van der Waals surface area contributed by atoms with E-state index >= 15 is 0 Å². The number of carbonyl (C=O) groups is 1. The number of hydrogen-bond acceptors (Lipinski definition) is 6. The lowest BCUT2D eigenvalue weighted by Gasteiger charge is -2.38. The summed E-state index contributed by atoms with van der Waals surface area (Å²) < 4.78 is 16.9. The minimum Gasteiger partial charge on any atom is -0.504 e. The van der Waals surface area contributed by atoms with Gasteiger partial charge in [0.15, 0.2) is 23.0 Å². The number of benzene rings is 3. The summed E-state index contributed by atoms with van der Waals surface area (Å²) in [4.78, 5) is 15.3. The van der Waals surface area contributed by atoms with E-state index < -0.39 is 6.17 Å². The molecule has 2 heterocycles. The highest BCUT2D eigenvalue weighted by Crippen LogP contribution is 2.42. The standard InChI is InChI=1S/C24H22N2O5/c1-2-29-21-13-15(7-9-19(21)27)23-25-18-6-4-3-5-17(18)24(28)26(23)16-8-10-20-22(14-16)31-12-11-30-20/h3-10,13-14,23,25,27H,2,11-12H2,1H3. The summed E-state index contributed by atoms with van der Waals surface area (Å²) in [6, 6.07) is 18.0. The zero-order valence-corrected chi connectivity index (χ0v) is 17.0. The van der Waals surface area contributed by atoms with Gasteiger partial charge in [-0.1, -0.05) is 18.2 Å². The second-order valence-electron chi connectivity index (χ2n) is 7.26. The minimum atomic E-state index is -0.509. The maximum atomic E-state index is 13.6. The van der Waals surface area contributed by atoms with E-state index in [0.29, 0.717) is 48.3 Å². The van der Waals surface area contributed by atoms with Crippen LogP contribution in [0.2, 0.25) is 0 Å². The molecular weight excluding hydrogens is 396 g/mol. The summed E-state index contributed by atoms with van der Waals surface area (Å²) >= 11 is 0. The fourth-order valence-electron chi connectivity index (χ4n) is 3.91. The molecule has 5 rings (SSSR count). The maximum Gasteiger partial charge on any atom is 0.262 e. The van der Waals surface area contributed by atoms with Crippen LogP contribution in [0.25, 0.3) is 0 Å². The molecule has 2 aliphatic heterocycles. The van der Waals surface area contributed by atoms with Crippen LogP contribution in [0.1, 0.15) is 29.0 Å².